The molecule has 1 aliphatic rings. The highest BCUT2D eigenvalue weighted by Gasteiger charge is 2.40. The van der Waals surface area contributed by atoms with E-state index in [4.69, 9.17) is 4.74 Å². The Kier molecular flexibility index (Phi) is 4.59. The van der Waals surface area contributed by atoms with Gasteiger partial charge in [-0.15, -0.1) is 0 Å². The molecule has 0 radical (unpaired) electrons. The Balaban J connectivity index is 2.17. The van der Waals surface area contributed by atoms with Gasteiger partial charge in [-0.1, -0.05) is 29.8 Å². The highest BCUT2D eigenvalue weighted by atomic mass is 16.5. The third-order valence-corrected chi connectivity index (χ3v) is 3.84. The van der Waals surface area contributed by atoms with Crippen molar-refractivity contribution in [3.63, 3.8) is 0 Å². The van der Waals surface area contributed by atoms with Crippen molar-refractivity contribution >= 4 is 5.97 Å². The molecule has 0 aromatic heterocycles. The van der Waals surface area contributed by atoms with Crippen molar-refractivity contribution in [2.75, 3.05) is 19.7 Å². The Hall–Kier alpha value is -1.35. The zero-order valence-electron chi connectivity index (χ0n) is 11.9. The number of rotatable bonds is 4. The zero-order valence-corrected chi connectivity index (χ0v) is 11.9. The minimum atomic E-state index is -0.385. The van der Waals surface area contributed by atoms with E-state index in [1.807, 2.05) is 6.92 Å². The summed E-state index contributed by atoms with van der Waals surface area (Å²) >= 11 is 0. The molecule has 0 bridgehead atoms. The average molecular weight is 261 g/mol. The predicted octanol–water partition coefficient (Wildman–Crippen LogP) is 2.47. The van der Waals surface area contributed by atoms with Crippen molar-refractivity contribution in [2.45, 2.75) is 33.1 Å². The van der Waals surface area contributed by atoms with Gasteiger partial charge >= 0.3 is 5.97 Å². The summed E-state index contributed by atoms with van der Waals surface area (Å²) in [6.45, 7) is 6.12. The summed E-state index contributed by atoms with van der Waals surface area (Å²) in [6.07, 6.45) is 2.70. The number of piperidine rings is 1. The molecule has 1 atom stereocenters. The van der Waals surface area contributed by atoms with Gasteiger partial charge in [0.1, 0.15) is 0 Å². The number of nitrogens with one attached hydrogen (secondary N) is 1. The smallest absolute Gasteiger partial charge is 0.313 e. The van der Waals surface area contributed by atoms with Gasteiger partial charge < -0.3 is 10.1 Å². The maximum atomic E-state index is 12.3. The normalized spacial score (nSPS) is 23.1. The lowest BCUT2D eigenvalue weighted by Gasteiger charge is -2.35. The van der Waals surface area contributed by atoms with Crippen LogP contribution in [0.3, 0.4) is 0 Å². The maximum Gasteiger partial charge on any atom is 0.313 e. The van der Waals surface area contributed by atoms with Crippen LogP contribution in [0.5, 0.6) is 0 Å². The number of ether oxygens (including phenoxy) is 1. The molecule has 1 fully saturated rings. The second-order valence-electron chi connectivity index (χ2n) is 5.44. The van der Waals surface area contributed by atoms with Crippen LogP contribution >= 0.6 is 0 Å². The fourth-order valence-corrected chi connectivity index (χ4v) is 2.75. The summed E-state index contributed by atoms with van der Waals surface area (Å²) in [4.78, 5) is 12.3. The molecule has 0 aliphatic carbocycles. The number of hydrogen-bond donors (Lipinski definition) is 1. The van der Waals surface area contributed by atoms with Crippen LogP contribution in [-0.2, 0) is 16.0 Å². The second-order valence-corrected chi connectivity index (χ2v) is 5.44. The van der Waals surface area contributed by atoms with E-state index in [2.05, 4.69) is 36.5 Å². The summed E-state index contributed by atoms with van der Waals surface area (Å²) in [7, 11) is 0. The molecule has 1 saturated heterocycles. The van der Waals surface area contributed by atoms with Crippen LogP contribution in [0.1, 0.15) is 30.9 Å². The van der Waals surface area contributed by atoms with Crippen LogP contribution in [0.2, 0.25) is 0 Å². The van der Waals surface area contributed by atoms with Gasteiger partial charge in [0.2, 0.25) is 0 Å². The first-order chi connectivity index (χ1) is 9.16. The molecule has 1 N–H and O–H groups in total. The Morgan fingerprint density at radius 3 is 2.68 bits per heavy atom. The average Bonchev–Trinajstić information content (AvgIpc) is 2.43. The first-order valence-electron chi connectivity index (χ1n) is 7.10. The molecule has 0 amide bonds. The number of benzene rings is 1. The lowest BCUT2D eigenvalue weighted by atomic mass is 9.75. The van der Waals surface area contributed by atoms with Gasteiger partial charge in [0.25, 0.3) is 0 Å². The van der Waals surface area contributed by atoms with Crippen molar-refractivity contribution in [1.82, 2.24) is 5.32 Å². The van der Waals surface area contributed by atoms with E-state index in [0.717, 1.165) is 32.4 Å². The summed E-state index contributed by atoms with van der Waals surface area (Å²) in [5.41, 5.74) is 2.07. The quantitative estimate of drug-likeness (QED) is 0.846. The van der Waals surface area contributed by atoms with Crippen LogP contribution in [0.4, 0.5) is 0 Å². The molecule has 19 heavy (non-hydrogen) atoms. The number of aryl methyl sites for hydroxylation is 1. The lowest BCUT2D eigenvalue weighted by Crippen LogP contribution is -2.47. The highest BCUT2D eigenvalue weighted by molar-refractivity contribution is 5.77. The van der Waals surface area contributed by atoms with Gasteiger partial charge in [0.05, 0.1) is 12.0 Å². The van der Waals surface area contributed by atoms with E-state index in [1.54, 1.807) is 0 Å². The van der Waals surface area contributed by atoms with E-state index >= 15 is 0 Å². The van der Waals surface area contributed by atoms with Crippen molar-refractivity contribution in [3.05, 3.63) is 35.4 Å². The van der Waals surface area contributed by atoms with E-state index in [-0.39, 0.29) is 11.4 Å². The molecule has 0 saturated carbocycles. The molecule has 1 unspecified atom stereocenters. The fraction of sp³-hybridized carbons (Fsp3) is 0.562. The number of carbonyl (C=O) groups is 1. The molecule has 3 heteroatoms. The minimum absolute atomic E-state index is 0.0530. The second kappa shape index (κ2) is 6.20. The molecule has 0 spiro atoms. The van der Waals surface area contributed by atoms with E-state index < -0.39 is 0 Å². The highest BCUT2D eigenvalue weighted by Crippen LogP contribution is 2.32. The first kappa shape index (κ1) is 14.1. The molecule has 104 valence electrons. The summed E-state index contributed by atoms with van der Waals surface area (Å²) in [6, 6.07) is 8.44. The summed E-state index contributed by atoms with van der Waals surface area (Å²) in [5, 5.41) is 3.35. The van der Waals surface area contributed by atoms with Crippen LogP contribution in [-0.4, -0.2) is 25.7 Å². The molecule has 1 heterocycles. The van der Waals surface area contributed by atoms with Gasteiger partial charge in [0.15, 0.2) is 0 Å². The Morgan fingerprint density at radius 2 is 2.11 bits per heavy atom. The Labute approximate surface area is 115 Å². The molecule has 1 aromatic rings. The monoisotopic (exact) mass is 261 g/mol. The van der Waals surface area contributed by atoms with E-state index in [0.29, 0.717) is 6.61 Å². The lowest BCUT2D eigenvalue weighted by molar-refractivity contribution is -0.156. The van der Waals surface area contributed by atoms with Crippen molar-refractivity contribution < 1.29 is 9.53 Å². The Morgan fingerprint density at radius 1 is 1.37 bits per heavy atom. The van der Waals surface area contributed by atoms with E-state index in [9.17, 15) is 4.79 Å². The number of esters is 1. The third kappa shape index (κ3) is 3.35. The van der Waals surface area contributed by atoms with Gasteiger partial charge in [-0.05, 0) is 45.2 Å². The van der Waals surface area contributed by atoms with Gasteiger partial charge in [-0.3, -0.25) is 4.79 Å². The summed E-state index contributed by atoms with van der Waals surface area (Å²) < 4.78 is 5.30. The van der Waals surface area contributed by atoms with Crippen LogP contribution in [0.15, 0.2) is 24.3 Å². The number of hydrogen-bond acceptors (Lipinski definition) is 3. The van der Waals surface area contributed by atoms with Gasteiger partial charge in [-0.2, -0.15) is 0 Å². The molecular formula is C16H23NO2. The molecule has 1 aliphatic heterocycles. The Bertz CT molecular complexity index is 419. The zero-order chi connectivity index (χ0) is 13.7. The minimum Gasteiger partial charge on any atom is -0.466 e. The molecule has 3 nitrogen and oxygen atoms in total. The van der Waals surface area contributed by atoms with Crippen LogP contribution < -0.4 is 5.32 Å². The third-order valence-electron chi connectivity index (χ3n) is 3.84. The molecule has 1 aromatic carbocycles. The first-order valence-corrected chi connectivity index (χ1v) is 7.10. The van der Waals surface area contributed by atoms with Crippen molar-refractivity contribution in [1.29, 1.82) is 0 Å². The summed E-state index contributed by atoms with van der Waals surface area (Å²) in [5.74, 6) is -0.0530. The fourth-order valence-electron chi connectivity index (χ4n) is 2.75. The van der Waals surface area contributed by atoms with Crippen molar-refractivity contribution in [2.24, 2.45) is 5.41 Å². The SMILES string of the molecule is CCOC(=O)C1(Cc2ccc(C)cc2)CCCNC1. The molecule has 2 rings (SSSR count). The standard InChI is InChI=1S/C16H23NO2/c1-3-19-15(18)16(9-4-10-17-12-16)11-14-7-5-13(2)6-8-14/h5-8,17H,3-4,9-12H2,1-2H3. The van der Waals surface area contributed by atoms with E-state index in [1.165, 1.54) is 11.1 Å². The largest absolute Gasteiger partial charge is 0.466 e. The van der Waals surface area contributed by atoms with Gasteiger partial charge in [-0.25, -0.2) is 0 Å². The molecular weight excluding hydrogens is 238 g/mol. The van der Waals surface area contributed by atoms with Crippen molar-refractivity contribution in [3.8, 4) is 0 Å². The van der Waals surface area contributed by atoms with Crippen LogP contribution in [0, 0.1) is 12.3 Å². The maximum absolute atomic E-state index is 12.3. The topological polar surface area (TPSA) is 38.3 Å². The predicted molar refractivity (Wildman–Crippen MR) is 76.1 cm³/mol. The van der Waals surface area contributed by atoms with Gasteiger partial charge in [0, 0.05) is 6.54 Å². The number of carbonyl (C=O) groups excluding carboxylic acids is 1. The van der Waals surface area contributed by atoms with Crippen LogP contribution in [0.25, 0.3) is 0 Å².